The molecule has 1 heterocycles. The van der Waals surface area contributed by atoms with E-state index in [0.717, 1.165) is 18.2 Å². The van der Waals surface area contributed by atoms with Crippen molar-refractivity contribution in [2.45, 2.75) is 6.92 Å². The van der Waals surface area contributed by atoms with E-state index < -0.39 is 29.1 Å². The molecule has 1 N–H and O–H groups in total. The molecule has 0 bridgehead atoms. The van der Waals surface area contributed by atoms with Crippen molar-refractivity contribution >= 4 is 28.8 Å². The number of hydrogen-bond acceptors (Lipinski definition) is 5. The van der Waals surface area contributed by atoms with Gasteiger partial charge in [-0.3, -0.25) is 9.59 Å². The zero-order chi connectivity index (χ0) is 23.5. The Bertz CT molecular complexity index is 1260. The van der Waals surface area contributed by atoms with E-state index in [-0.39, 0.29) is 11.3 Å². The van der Waals surface area contributed by atoms with Crippen molar-refractivity contribution in [3.63, 3.8) is 0 Å². The standard InChI is InChI=1S/C25H20F2N2O4/c1-3-33-17-11-9-16(10-12-17)28-23-22(18-6-4-5-7-21(18)32-2)24(30)29(25(23)31)20-14-15(26)8-13-19(20)27/h4-14,28H,3H2,1-2H3. The maximum absolute atomic E-state index is 14.5. The van der Waals surface area contributed by atoms with Crippen LogP contribution in [0.3, 0.4) is 0 Å². The van der Waals surface area contributed by atoms with E-state index in [1.165, 1.54) is 7.11 Å². The Kier molecular flexibility index (Phi) is 6.08. The zero-order valence-corrected chi connectivity index (χ0v) is 17.9. The number of imide groups is 1. The van der Waals surface area contributed by atoms with E-state index in [1.807, 2.05) is 6.92 Å². The molecule has 3 aromatic rings. The summed E-state index contributed by atoms with van der Waals surface area (Å²) in [7, 11) is 1.43. The van der Waals surface area contributed by atoms with Crippen LogP contribution in [0, 0.1) is 11.6 Å². The molecule has 0 saturated carbocycles. The van der Waals surface area contributed by atoms with Crippen LogP contribution in [-0.4, -0.2) is 25.5 Å². The number of para-hydroxylation sites is 1. The summed E-state index contributed by atoms with van der Waals surface area (Å²) in [6, 6.07) is 16.0. The molecule has 6 nitrogen and oxygen atoms in total. The van der Waals surface area contributed by atoms with Crippen LogP contribution < -0.4 is 19.7 Å². The molecular weight excluding hydrogens is 430 g/mol. The number of halogens is 2. The van der Waals surface area contributed by atoms with Gasteiger partial charge in [-0.2, -0.15) is 0 Å². The van der Waals surface area contributed by atoms with E-state index in [9.17, 15) is 18.4 Å². The Morgan fingerprint density at radius 3 is 2.36 bits per heavy atom. The van der Waals surface area contributed by atoms with Crippen molar-refractivity contribution in [2.75, 3.05) is 23.9 Å². The molecule has 0 radical (unpaired) electrons. The average molecular weight is 450 g/mol. The number of hydrogen-bond donors (Lipinski definition) is 1. The smallest absolute Gasteiger partial charge is 0.282 e. The Morgan fingerprint density at radius 1 is 0.939 bits per heavy atom. The fourth-order valence-corrected chi connectivity index (χ4v) is 3.57. The van der Waals surface area contributed by atoms with Gasteiger partial charge in [0.1, 0.15) is 28.8 Å². The summed E-state index contributed by atoms with van der Waals surface area (Å²) >= 11 is 0. The van der Waals surface area contributed by atoms with Gasteiger partial charge in [0, 0.05) is 17.3 Å². The van der Waals surface area contributed by atoms with E-state index in [1.54, 1.807) is 48.5 Å². The lowest BCUT2D eigenvalue weighted by atomic mass is 10.0. The Morgan fingerprint density at radius 2 is 1.67 bits per heavy atom. The topological polar surface area (TPSA) is 67.9 Å². The summed E-state index contributed by atoms with van der Waals surface area (Å²) in [6.07, 6.45) is 0. The second-order valence-electron chi connectivity index (χ2n) is 7.07. The number of methoxy groups -OCH3 is 1. The summed E-state index contributed by atoms with van der Waals surface area (Å²) in [5.74, 6) is -2.32. The first kappa shape index (κ1) is 22.0. The third-order valence-electron chi connectivity index (χ3n) is 5.04. The van der Waals surface area contributed by atoms with Crippen molar-refractivity contribution in [1.29, 1.82) is 0 Å². The molecular formula is C25H20F2N2O4. The molecule has 33 heavy (non-hydrogen) atoms. The van der Waals surface area contributed by atoms with Gasteiger partial charge in [-0.1, -0.05) is 18.2 Å². The number of amides is 2. The first-order valence-corrected chi connectivity index (χ1v) is 10.2. The summed E-state index contributed by atoms with van der Waals surface area (Å²) in [6.45, 7) is 2.36. The third-order valence-corrected chi connectivity index (χ3v) is 5.04. The highest BCUT2D eigenvalue weighted by atomic mass is 19.1. The van der Waals surface area contributed by atoms with Crippen LogP contribution in [-0.2, 0) is 9.59 Å². The Hall–Kier alpha value is -4.20. The molecule has 0 aromatic heterocycles. The zero-order valence-electron chi connectivity index (χ0n) is 17.9. The molecule has 0 spiro atoms. The minimum atomic E-state index is -0.903. The molecule has 0 aliphatic carbocycles. The second kappa shape index (κ2) is 9.12. The van der Waals surface area contributed by atoms with Gasteiger partial charge < -0.3 is 14.8 Å². The van der Waals surface area contributed by atoms with Gasteiger partial charge in [0.05, 0.1) is 25.0 Å². The van der Waals surface area contributed by atoms with Gasteiger partial charge in [0.25, 0.3) is 11.8 Å². The maximum atomic E-state index is 14.5. The number of nitrogens with zero attached hydrogens (tertiary/aromatic N) is 1. The molecule has 0 saturated heterocycles. The lowest BCUT2D eigenvalue weighted by molar-refractivity contribution is -0.120. The number of rotatable bonds is 7. The predicted octanol–water partition coefficient (Wildman–Crippen LogP) is 4.77. The second-order valence-corrected chi connectivity index (χ2v) is 7.07. The lowest BCUT2D eigenvalue weighted by Crippen LogP contribution is -2.33. The predicted molar refractivity (Wildman–Crippen MR) is 120 cm³/mol. The largest absolute Gasteiger partial charge is 0.496 e. The number of benzene rings is 3. The molecule has 0 unspecified atom stereocenters. The molecule has 8 heteroatoms. The summed E-state index contributed by atoms with van der Waals surface area (Å²) in [5, 5.41) is 2.96. The summed E-state index contributed by atoms with van der Waals surface area (Å²) in [4.78, 5) is 27.4. The molecule has 4 rings (SSSR count). The molecule has 3 aromatic carbocycles. The van der Waals surface area contributed by atoms with Gasteiger partial charge >= 0.3 is 0 Å². The van der Waals surface area contributed by atoms with Crippen LogP contribution in [0.4, 0.5) is 20.2 Å². The molecule has 1 aliphatic rings. The number of anilines is 2. The van der Waals surface area contributed by atoms with Crippen LogP contribution in [0.15, 0.2) is 72.4 Å². The van der Waals surface area contributed by atoms with Gasteiger partial charge in [-0.25, -0.2) is 13.7 Å². The van der Waals surface area contributed by atoms with Crippen molar-refractivity contribution in [3.05, 3.63) is 89.6 Å². The fraction of sp³-hybridized carbons (Fsp3) is 0.120. The van der Waals surface area contributed by atoms with E-state index in [4.69, 9.17) is 9.47 Å². The van der Waals surface area contributed by atoms with Crippen molar-refractivity contribution in [3.8, 4) is 11.5 Å². The fourth-order valence-electron chi connectivity index (χ4n) is 3.57. The van der Waals surface area contributed by atoms with Crippen LogP contribution in [0.2, 0.25) is 0 Å². The molecule has 168 valence electrons. The molecule has 1 aliphatic heterocycles. The van der Waals surface area contributed by atoms with Crippen LogP contribution in [0.5, 0.6) is 11.5 Å². The number of ether oxygens (including phenoxy) is 2. The van der Waals surface area contributed by atoms with Crippen molar-refractivity contribution in [2.24, 2.45) is 0 Å². The first-order valence-electron chi connectivity index (χ1n) is 10.2. The van der Waals surface area contributed by atoms with Crippen LogP contribution >= 0.6 is 0 Å². The van der Waals surface area contributed by atoms with Crippen LogP contribution in [0.25, 0.3) is 5.57 Å². The molecule has 0 atom stereocenters. The highest BCUT2D eigenvalue weighted by molar-refractivity contribution is 6.46. The highest BCUT2D eigenvalue weighted by Gasteiger charge is 2.42. The minimum absolute atomic E-state index is 0.0185. The maximum Gasteiger partial charge on any atom is 0.282 e. The monoisotopic (exact) mass is 450 g/mol. The quantitative estimate of drug-likeness (QED) is 0.526. The van der Waals surface area contributed by atoms with Gasteiger partial charge in [-0.15, -0.1) is 0 Å². The third kappa shape index (κ3) is 4.15. The first-order chi connectivity index (χ1) is 15.9. The molecule has 2 amide bonds. The SMILES string of the molecule is CCOc1ccc(NC2=C(c3ccccc3OC)C(=O)N(c3cc(F)ccc3F)C2=O)cc1. The van der Waals surface area contributed by atoms with E-state index in [0.29, 0.717) is 34.3 Å². The van der Waals surface area contributed by atoms with Gasteiger partial charge in [0.2, 0.25) is 0 Å². The van der Waals surface area contributed by atoms with Gasteiger partial charge in [0.15, 0.2) is 0 Å². The highest BCUT2D eigenvalue weighted by Crippen LogP contribution is 2.38. The number of carbonyl (C=O) groups is 2. The van der Waals surface area contributed by atoms with E-state index in [2.05, 4.69) is 5.32 Å². The Labute approximate surface area is 189 Å². The summed E-state index contributed by atoms with van der Waals surface area (Å²) in [5.41, 5.74) is 0.267. The summed E-state index contributed by atoms with van der Waals surface area (Å²) < 4.78 is 39.2. The normalized spacial score (nSPS) is 13.5. The number of nitrogens with one attached hydrogen (secondary N) is 1. The van der Waals surface area contributed by atoms with Gasteiger partial charge in [-0.05, 0) is 49.4 Å². The Balaban J connectivity index is 1.83. The van der Waals surface area contributed by atoms with Crippen molar-refractivity contribution < 1.29 is 27.8 Å². The minimum Gasteiger partial charge on any atom is -0.496 e. The lowest BCUT2D eigenvalue weighted by Gasteiger charge is -2.16. The van der Waals surface area contributed by atoms with Crippen molar-refractivity contribution in [1.82, 2.24) is 0 Å². The number of carbonyl (C=O) groups excluding carboxylic acids is 2. The molecule has 0 fully saturated rings. The van der Waals surface area contributed by atoms with E-state index >= 15 is 0 Å². The average Bonchev–Trinajstić information content (AvgIpc) is 3.06. The van der Waals surface area contributed by atoms with Crippen LogP contribution in [0.1, 0.15) is 12.5 Å².